The van der Waals surface area contributed by atoms with Gasteiger partial charge in [-0.1, -0.05) is 17.2 Å². The number of nitrogens with one attached hydrogen (secondary N) is 2. The highest BCUT2D eigenvalue weighted by Crippen LogP contribution is 2.07. The number of hydrogen-bond acceptors (Lipinski definition) is 4. The zero-order valence-electron chi connectivity index (χ0n) is 8.19. The van der Waals surface area contributed by atoms with Gasteiger partial charge in [-0.25, -0.2) is 5.41 Å². The number of carbonyl (C=O) groups excluding carboxylic acids is 1. The Hall–Kier alpha value is -2.26. The fourth-order valence-corrected chi connectivity index (χ4v) is 0.980. The van der Waals surface area contributed by atoms with E-state index in [1.165, 1.54) is 13.1 Å². The summed E-state index contributed by atoms with van der Waals surface area (Å²) in [5.74, 6) is -0.107. The molecule has 0 unspecified atom stereocenters. The first-order valence-corrected chi connectivity index (χ1v) is 4.25. The molecular weight excluding hydrogens is 192 g/mol. The van der Waals surface area contributed by atoms with E-state index in [-0.39, 0.29) is 5.91 Å². The van der Waals surface area contributed by atoms with Gasteiger partial charge in [0.1, 0.15) is 6.01 Å². The highest BCUT2D eigenvalue weighted by Gasteiger charge is 1.94. The van der Waals surface area contributed by atoms with Crippen molar-refractivity contribution in [3.05, 3.63) is 29.8 Å². The van der Waals surface area contributed by atoms with Gasteiger partial charge in [0.05, 0.1) is 6.21 Å². The molecule has 0 aliphatic carbocycles. The molecule has 1 amide bonds. The zero-order chi connectivity index (χ0) is 11.1. The molecule has 0 saturated heterocycles. The van der Waals surface area contributed by atoms with Crippen molar-refractivity contribution in [1.29, 1.82) is 5.41 Å². The van der Waals surface area contributed by atoms with E-state index in [0.717, 1.165) is 11.3 Å². The molecule has 0 fully saturated rings. The number of amides is 1. The van der Waals surface area contributed by atoms with Crippen LogP contribution in [0.5, 0.6) is 0 Å². The summed E-state index contributed by atoms with van der Waals surface area (Å²) in [6.07, 6.45) is 1.50. The minimum absolute atomic E-state index is 0.107. The highest BCUT2D eigenvalue weighted by atomic mass is 16.1. The van der Waals surface area contributed by atoms with Crippen molar-refractivity contribution in [2.24, 2.45) is 10.2 Å². The van der Waals surface area contributed by atoms with Crippen LogP contribution in [0.25, 0.3) is 0 Å². The molecule has 0 aliphatic heterocycles. The Morgan fingerprint density at radius 2 is 2.13 bits per heavy atom. The monoisotopic (exact) mass is 202 g/mol. The Bertz CT molecular complexity index is 416. The minimum atomic E-state index is -0.107. The van der Waals surface area contributed by atoms with Crippen molar-refractivity contribution in [2.45, 2.75) is 6.92 Å². The van der Waals surface area contributed by atoms with Gasteiger partial charge in [0.2, 0.25) is 5.91 Å². The van der Waals surface area contributed by atoms with Crippen molar-refractivity contribution >= 4 is 23.8 Å². The molecule has 5 nitrogen and oxygen atoms in total. The van der Waals surface area contributed by atoms with E-state index in [4.69, 9.17) is 5.41 Å². The maximum atomic E-state index is 10.7. The van der Waals surface area contributed by atoms with E-state index >= 15 is 0 Å². The van der Waals surface area contributed by atoms with Gasteiger partial charge < -0.3 is 5.32 Å². The molecule has 0 radical (unpaired) electrons. The lowest BCUT2D eigenvalue weighted by molar-refractivity contribution is -0.114. The SMILES string of the molecule is CC(=O)Nc1ccc(/C=N/N=C=N)cc1. The Morgan fingerprint density at radius 3 is 2.67 bits per heavy atom. The smallest absolute Gasteiger partial charge is 0.221 e. The van der Waals surface area contributed by atoms with Crippen LogP contribution < -0.4 is 5.32 Å². The topological polar surface area (TPSA) is 77.7 Å². The molecule has 1 rings (SSSR count). The predicted molar refractivity (Wildman–Crippen MR) is 58.5 cm³/mol. The van der Waals surface area contributed by atoms with Gasteiger partial charge in [-0.05, 0) is 17.7 Å². The van der Waals surface area contributed by atoms with E-state index < -0.39 is 0 Å². The minimum Gasteiger partial charge on any atom is -0.326 e. The molecule has 1 aromatic carbocycles. The number of benzene rings is 1. The molecule has 1 aromatic rings. The Kier molecular flexibility index (Phi) is 3.94. The lowest BCUT2D eigenvalue weighted by Gasteiger charge is -2.00. The third-order valence-electron chi connectivity index (χ3n) is 1.55. The molecule has 0 atom stereocenters. The van der Waals surface area contributed by atoms with Crippen molar-refractivity contribution in [3.63, 3.8) is 0 Å². The first-order valence-electron chi connectivity index (χ1n) is 4.25. The largest absolute Gasteiger partial charge is 0.326 e. The number of anilines is 1. The van der Waals surface area contributed by atoms with Gasteiger partial charge in [0.25, 0.3) is 0 Å². The quantitative estimate of drug-likeness (QED) is 0.568. The zero-order valence-corrected chi connectivity index (χ0v) is 8.19. The second kappa shape index (κ2) is 5.47. The molecular formula is C10H10N4O. The van der Waals surface area contributed by atoms with Crippen LogP contribution in [0.1, 0.15) is 12.5 Å². The molecule has 76 valence electrons. The van der Waals surface area contributed by atoms with Gasteiger partial charge in [0, 0.05) is 12.6 Å². The summed E-state index contributed by atoms with van der Waals surface area (Å²) >= 11 is 0. The maximum Gasteiger partial charge on any atom is 0.221 e. The summed E-state index contributed by atoms with van der Waals surface area (Å²) in [6.45, 7) is 1.45. The summed E-state index contributed by atoms with van der Waals surface area (Å²) in [7, 11) is 0. The normalized spacial score (nSPS) is 9.67. The molecule has 0 saturated carbocycles. The van der Waals surface area contributed by atoms with E-state index in [9.17, 15) is 4.79 Å². The predicted octanol–water partition coefficient (Wildman–Crippen LogP) is 1.73. The fraction of sp³-hybridized carbons (Fsp3) is 0.100. The van der Waals surface area contributed by atoms with Crippen LogP contribution in [-0.2, 0) is 4.79 Å². The second-order valence-electron chi connectivity index (χ2n) is 2.76. The molecule has 0 bridgehead atoms. The lowest BCUT2D eigenvalue weighted by Crippen LogP contribution is -2.05. The van der Waals surface area contributed by atoms with Crippen LogP contribution in [0.3, 0.4) is 0 Å². The molecule has 15 heavy (non-hydrogen) atoms. The number of carbonyl (C=O) groups is 1. The first-order chi connectivity index (χ1) is 7.22. The summed E-state index contributed by atoms with van der Waals surface area (Å²) in [4.78, 5) is 10.7. The number of nitrogens with zero attached hydrogens (tertiary/aromatic N) is 2. The third kappa shape index (κ3) is 3.97. The average molecular weight is 202 g/mol. The summed E-state index contributed by atoms with van der Waals surface area (Å²) < 4.78 is 0. The molecule has 2 N–H and O–H groups in total. The van der Waals surface area contributed by atoms with Crippen LogP contribution >= 0.6 is 0 Å². The van der Waals surface area contributed by atoms with Crippen LogP contribution in [0, 0.1) is 5.41 Å². The molecule has 0 spiro atoms. The van der Waals surface area contributed by atoms with Crippen molar-refractivity contribution < 1.29 is 4.79 Å². The Labute approximate surface area is 87.0 Å². The Balaban J connectivity index is 2.71. The molecule has 5 heteroatoms. The van der Waals surface area contributed by atoms with Gasteiger partial charge in [0.15, 0.2) is 0 Å². The summed E-state index contributed by atoms with van der Waals surface area (Å²) in [5, 5.41) is 16.0. The average Bonchev–Trinajstić information content (AvgIpc) is 2.20. The van der Waals surface area contributed by atoms with E-state index in [1.54, 1.807) is 30.3 Å². The highest BCUT2D eigenvalue weighted by molar-refractivity contribution is 5.89. The van der Waals surface area contributed by atoms with Gasteiger partial charge in [-0.2, -0.15) is 0 Å². The van der Waals surface area contributed by atoms with Gasteiger partial charge in [-0.15, -0.1) is 5.10 Å². The molecule has 0 aliphatic rings. The number of hydrogen-bond donors (Lipinski definition) is 2. The summed E-state index contributed by atoms with van der Waals surface area (Å²) in [6, 6.07) is 8.89. The van der Waals surface area contributed by atoms with Crippen LogP contribution in [-0.4, -0.2) is 18.1 Å². The van der Waals surface area contributed by atoms with E-state index in [0.29, 0.717) is 0 Å². The van der Waals surface area contributed by atoms with Crippen LogP contribution in [0.2, 0.25) is 0 Å². The summed E-state index contributed by atoms with van der Waals surface area (Å²) in [5.41, 5.74) is 1.57. The third-order valence-corrected chi connectivity index (χ3v) is 1.55. The second-order valence-corrected chi connectivity index (χ2v) is 2.76. The van der Waals surface area contributed by atoms with Gasteiger partial charge in [-0.3, -0.25) is 4.79 Å². The van der Waals surface area contributed by atoms with E-state index in [2.05, 4.69) is 15.5 Å². The van der Waals surface area contributed by atoms with Crippen LogP contribution in [0.15, 0.2) is 34.5 Å². The Morgan fingerprint density at radius 1 is 1.47 bits per heavy atom. The van der Waals surface area contributed by atoms with Crippen molar-refractivity contribution in [1.82, 2.24) is 0 Å². The lowest BCUT2D eigenvalue weighted by atomic mass is 10.2. The number of rotatable bonds is 3. The standard InChI is InChI=1S/C10H10N4O/c1-8(15)14-10-4-2-9(3-5-10)6-12-13-7-11/h2-6,11H,1H3,(H,14,15)/b12-6+. The molecule has 0 aromatic heterocycles. The first kappa shape index (κ1) is 10.8. The van der Waals surface area contributed by atoms with E-state index in [1.807, 2.05) is 0 Å². The van der Waals surface area contributed by atoms with Gasteiger partial charge >= 0.3 is 0 Å². The molecule has 0 heterocycles. The fourth-order valence-electron chi connectivity index (χ4n) is 0.980. The van der Waals surface area contributed by atoms with Crippen molar-refractivity contribution in [3.8, 4) is 0 Å². The van der Waals surface area contributed by atoms with Crippen LogP contribution in [0.4, 0.5) is 5.69 Å². The van der Waals surface area contributed by atoms with Crippen molar-refractivity contribution in [2.75, 3.05) is 5.32 Å². The maximum absolute atomic E-state index is 10.7.